The molecule has 88 valence electrons. The summed E-state index contributed by atoms with van der Waals surface area (Å²) in [6.45, 7) is 0.612. The lowest BCUT2D eigenvalue weighted by atomic mass is 10.2. The number of nitrogens with one attached hydrogen (secondary N) is 1. The first-order chi connectivity index (χ1) is 8.15. The fourth-order valence-corrected chi connectivity index (χ4v) is 2.14. The van der Waals surface area contributed by atoms with Crippen LogP contribution in [-0.2, 0) is 6.54 Å². The highest BCUT2D eigenvalue weighted by molar-refractivity contribution is 9.10. The van der Waals surface area contributed by atoms with Gasteiger partial charge in [0.2, 0.25) is 0 Å². The van der Waals surface area contributed by atoms with Gasteiger partial charge < -0.3 is 5.32 Å². The predicted octanol–water partition coefficient (Wildman–Crippen LogP) is 4.85. The Morgan fingerprint density at radius 3 is 2.71 bits per heavy atom. The van der Waals surface area contributed by atoms with Crippen LogP contribution in [0.15, 0.2) is 46.9 Å². The number of anilines is 1. The molecule has 0 fully saturated rings. The van der Waals surface area contributed by atoms with Crippen LogP contribution in [0, 0.1) is 5.82 Å². The molecule has 1 nitrogen and oxygen atoms in total. The fourth-order valence-electron chi connectivity index (χ4n) is 1.46. The molecule has 0 radical (unpaired) electrons. The summed E-state index contributed by atoms with van der Waals surface area (Å²) >= 11 is 9.21. The van der Waals surface area contributed by atoms with E-state index in [-0.39, 0.29) is 5.82 Å². The van der Waals surface area contributed by atoms with Crippen molar-refractivity contribution in [3.8, 4) is 0 Å². The van der Waals surface area contributed by atoms with Gasteiger partial charge in [-0.25, -0.2) is 4.39 Å². The Bertz CT molecular complexity index is 531. The van der Waals surface area contributed by atoms with E-state index in [0.29, 0.717) is 11.6 Å². The Labute approximate surface area is 113 Å². The van der Waals surface area contributed by atoms with E-state index in [1.807, 2.05) is 24.3 Å². The summed E-state index contributed by atoms with van der Waals surface area (Å²) in [7, 11) is 0. The van der Waals surface area contributed by atoms with Crippen molar-refractivity contribution in [3.05, 3.63) is 63.3 Å². The van der Waals surface area contributed by atoms with Crippen molar-refractivity contribution >= 4 is 33.2 Å². The molecule has 0 aliphatic carbocycles. The van der Waals surface area contributed by atoms with Gasteiger partial charge in [0.25, 0.3) is 0 Å². The summed E-state index contributed by atoms with van der Waals surface area (Å²) in [5.41, 5.74) is 1.93. The lowest BCUT2D eigenvalue weighted by Gasteiger charge is -2.08. The largest absolute Gasteiger partial charge is 0.381 e. The molecule has 0 aliphatic rings. The summed E-state index contributed by atoms with van der Waals surface area (Å²) in [5.74, 6) is -0.247. The number of rotatable bonds is 3. The average Bonchev–Trinajstić information content (AvgIpc) is 2.28. The highest BCUT2D eigenvalue weighted by Crippen LogP contribution is 2.20. The van der Waals surface area contributed by atoms with E-state index in [1.165, 1.54) is 12.1 Å². The van der Waals surface area contributed by atoms with Gasteiger partial charge in [0.15, 0.2) is 0 Å². The molecule has 2 aromatic carbocycles. The van der Waals surface area contributed by atoms with Crippen LogP contribution in [0.1, 0.15) is 5.56 Å². The zero-order valence-corrected chi connectivity index (χ0v) is 11.2. The van der Waals surface area contributed by atoms with Crippen LogP contribution in [0.4, 0.5) is 10.1 Å². The summed E-state index contributed by atoms with van der Waals surface area (Å²) in [5, 5.41) is 3.91. The molecule has 2 aromatic rings. The molecule has 0 saturated heterocycles. The molecule has 0 unspecified atom stereocenters. The fraction of sp³-hybridized carbons (Fsp3) is 0.0769. The lowest BCUT2D eigenvalue weighted by Crippen LogP contribution is -2.00. The number of hydrogen-bond donors (Lipinski definition) is 1. The third kappa shape index (κ3) is 3.45. The van der Waals surface area contributed by atoms with Crippen LogP contribution in [0.5, 0.6) is 0 Å². The molecule has 4 heteroatoms. The van der Waals surface area contributed by atoms with E-state index in [0.717, 1.165) is 15.7 Å². The first-order valence-corrected chi connectivity index (χ1v) is 6.25. The van der Waals surface area contributed by atoms with Gasteiger partial charge in [-0.2, -0.15) is 0 Å². The molecule has 2 rings (SSSR count). The number of hydrogen-bond acceptors (Lipinski definition) is 1. The first-order valence-electron chi connectivity index (χ1n) is 5.08. The number of benzene rings is 2. The summed E-state index contributed by atoms with van der Waals surface area (Å²) in [6.07, 6.45) is 0. The lowest BCUT2D eigenvalue weighted by molar-refractivity contribution is 0.626. The Morgan fingerprint density at radius 1 is 1.18 bits per heavy atom. The van der Waals surface area contributed by atoms with Gasteiger partial charge in [0.1, 0.15) is 5.82 Å². The van der Waals surface area contributed by atoms with Gasteiger partial charge in [-0.1, -0.05) is 39.7 Å². The van der Waals surface area contributed by atoms with Crippen molar-refractivity contribution in [1.29, 1.82) is 0 Å². The SMILES string of the molecule is Fc1ccc(CNc2cccc(Cl)c2)c(Br)c1. The second-order valence-corrected chi connectivity index (χ2v) is 4.89. The molecule has 0 aromatic heterocycles. The van der Waals surface area contributed by atoms with E-state index < -0.39 is 0 Å². The Kier molecular flexibility index (Phi) is 4.02. The van der Waals surface area contributed by atoms with E-state index >= 15 is 0 Å². The van der Waals surface area contributed by atoms with Gasteiger partial charge >= 0.3 is 0 Å². The number of halogens is 3. The summed E-state index contributed by atoms with van der Waals surface area (Å²) in [4.78, 5) is 0. The minimum Gasteiger partial charge on any atom is -0.381 e. The summed E-state index contributed by atoms with van der Waals surface area (Å²) in [6, 6.07) is 12.1. The molecule has 1 N–H and O–H groups in total. The van der Waals surface area contributed by atoms with Crippen LogP contribution in [0.2, 0.25) is 5.02 Å². The smallest absolute Gasteiger partial charge is 0.124 e. The minimum atomic E-state index is -0.247. The van der Waals surface area contributed by atoms with Crippen molar-refractivity contribution in [3.63, 3.8) is 0 Å². The van der Waals surface area contributed by atoms with E-state index in [9.17, 15) is 4.39 Å². The third-order valence-electron chi connectivity index (χ3n) is 2.32. The van der Waals surface area contributed by atoms with Crippen LogP contribution in [0.25, 0.3) is 0 Å². The predicted molar refractivity (Wildman–Crippen MR) is 72.9 cm³/mol. The molecule has 0 aliphatic heterocycles. The molecule has 0 saturated carbocycles. The molecule has 0 heterocycles. The second kappa shape index (κ2) is 5.52. The highest BCUT2D eigenvalue weighted by Gasteiger charge is 2.01. The van der Waals surface area contributed by atoms with Gasteiger partial charge in [0, 0.05) is 21.7 Å². The molecule has 0 atom stereocenters. The molecular weight excluding hydrogens is 305 g/mol. The van der Waals surface area contributed by atoms with Crippen molar-refractivity contribution in [2.24, 2.45) is 0 Å². The second-order valence-electron chi connectivity index (χ2n) is 3.60. The maximum absolute atomic E-state index is 12.9. The van der Waals surface area contributed by atoms with E-state index in [4.69, 9.17) is 11.6 Å². The highest BCUT2D eigenvalue weighted by atomic mass is 79.9. The van der Waals surface area contributed by atoms with Crippen LogP contribution in [0.3, 0.4) is 0 Å². The zero-order valence-electron chi connectivity index (χ0n) is 8.88. The van der Waals surface area contributed by atoms with Crippen molar-refractivity contribution in [2.75, 3.05) is 5.32 Å². The van der Waals surface area contributed by atoms with Crippen LogP contribution >= 0.6 is 27.5 Å². The average molecular weight is 315 g/mol. The van der Waals surface area contributed by atoms with Gasteiger partial charge in [-0.05, 0) is 35.9 Å². The molecule has 0 bridgehead atoms. The molecule has 0 spiro atoms. The van der Waals surface area contributed by atoms with Crippen molar-refractivity contribution in [2.45, 2.75) is 6.54 Å². The third-order valence-corrected chi connectivity index (χ3v) is 3.30. The van der Waals surface area contributed by atoms with Crippen molar-refractivity contribution in [1.82, 2.24) is 0 Å². The van der Waals surface area contributed by atoms with Gasteiger partial charge in [-0.3, -0.25) is 0 Å². The zero-order chi connectivity index (χ0) is 12.3. The van der Waals surface area contributed by atoms with Gasteiger partial charge in [-0.15, -0.1) is 0 Å². The van der Waals surface area contributed by atoms with E-state index in [2.05, 4.69) is 21.2 Å². The van der Waals surface area contributed by atoms with Crippen LogP contribution in [-0.4, -0.2) is 0 Å². The Hall–Kier alpha value is -1.06. The van der Waals surface area contributed by atoms with Gasteiger partial charge in [0.05, 0.1) is 0 Å². The quantitative estimate of drug-likeness (QED) is 0.853. The van der Waals surface area contributed by atoms with Crippen LogP contribution < -0.4 is 5.32 Å². The minimum absolute atomic E-state index is 0.247. The maximum Gasteiger partial charge on any atom is 0.124 e. The summed E-state index contributed by atoms with van der Waals surface area (Å²) < 4.78 is 13.7. The maximum atomic E-state index is 12.9. The van der Waals surface area contributed by atoms with E-state index in [1.54, 1.807) is 6.07 Å². The molecule has 17 heavy (non-hydrogen) atoms. The first kappa shape index (κ1) is 12.4. The standard InChI is InChI=1S/C13H10BrClFN/c14-13-7-11(16)5-4-9(13)8-17-12-3-1-2-10(15)6-12/h1-7,17H,8H2. The monoisotopic (exact) mass is 313 g/mol. The Morgan fingerprint density at radius 2 is 2.00 bits per heavy atom. The normalized spacial score (nSPS) is 10.3. The topological polar surface area (TPSA) is 12.0 Å². The molecular formula is C13H10BrClFN. The van der Waals surface area contributed by atoms with Crippen molar-refractivity contribution < 1.29 is 4.39 Å². The Balaban J connectivity index is 2.07. The molecule has 0 amide bonds.